The second-order valence-electron chi connectivity index (χ2n) is 5.54. The quantitative estimate of drug-likeness (QED) is 0.807. The highest BCUT2D eigenvalue weighted by Gasteiger charge is 2.13. The third kappa shape index (κ3) is 6.04. The standard InChI is InChI=1S/C16H27N3O2/c1-13(19(4)15-8-6-5-7-9-15)12-17-16(21)18(3)11-10-14(2)20/h5-9,13-14,20H,10-12H2,1-4H3,(H,17,21). The van der Waals surface area contributed by atoms with E-state index < -0.39 is 0 Å². The molecule has 1 rings (SSSR count). The van der Waals surface area contributed by atoms with Gasteiger partial charge in [0.2, 0.25) is 0 Å². The number of carbonyl (C=O) groups is 1. The predicted octanol–water partition coefficient (Wildman–Crippen LogP) is 1.92. The van der Waals surface area contributed by atoms with Gasteiger partial charge in [-0.1, -0.05) is 18.2 Å². The lowest BCUT2D eigenvalue weighted by Crippen LogP contribution is -2.45. The van der Waals surface area contributed by atoms with Crippen molar-refractivity contribution in [3.05, 3.63) is 30.3 Å². The van der Waals surface area contributed by atoms with Gasteiger partial charge in [0.05, 0.1) is 6.10 Å². The van der Waals surface area contributed by atoms with E-state index >= 15 is 0 Å². The SMILES string of the molecule is CC(O)CCN(C)C(=O)NCC(C)N(C)c1ccccc1. The summed E-state index contributed by atoms with van der Waals surface area (Å²) in [5.74, 6) is 0. The summed E-state index contributed by atoms with van der Waals surface area (Å²) >= 11 is 0. The van der Waals surface area contributed by atoms with E-state index in [1.54, 1.807) is 18.9 Å². The van der Waals surface area contributed by atoms with Gasteiger partial charge in [0.1, 0.15) is 0 Å². The summed E-state index contributed by atoms with van der Waals surface area (Å²) in [6.45, 7) is 4.92. The molecule has 0 aliphatic heterocycles. The fraction of sp³-hybridized carbons (Fsp3) is 0.562. The predicted molar refractivity (Wildman–Crippen MR) is 86.6 cm³/mol. The van der Waals surface area contributed by atoms with Crippen LogP contribution in [0.3, 0.4) is 0 Å². The maximum Gasteiger partial charge on any atom is 0.317 e. The highest BCUT2D eigenvalue weighted by molar-refractivity contribution is 5.73. The van der Waals surface area contributed by atoms with E-state index in [-0.39, 0.29) is 18.2 Å². The Morgan fingerprint density at radius 1 is 1.24 bits per heavy atom. The first-order valence-electron chi connectivity index (χ1n) is 7.36. The number of anilines is 1. The molecule has 2 amide bonds. The molecule has 0 bridgehead atoms. The minimum Gasteiger partial charge on any atom is -0.393 e. The molecule has 1 aromatic rings. The second-order valence-corrected chi connectivity index (χ2v) is 5.54. The Morgan fingerprint density at radius 2 is 1.86 bits per heavy atom. The average molecular weight is 293 g/mol. The van der Waals surface area contributed by atoms with Gasteiger partial charge in [-0.2, -0.15) is 0 Å². The molecule has 21 heavy (non-hydrogen) atoms. The van der Waals surface area contributed by atoms with Crippen LogP contribution in [0.25, 0.3) is 0 Å². The number of carbonyl (C=O) groups excluding carboxylic acids is 1. The summed E-state index contributed by atoms with van der Waals surface area (Å²) in [4.78, 5) is 15.7. The van der Waals surface area contributed by atoms with Crippen molar-refractivity contribution in [1.29, 1.82) is 0 Å². The molecule has 5 heteroatoms. The number of rotatable bonds is 7. The number of amides is 2. The zero-order chi connectivity index (χ0) is 15.8. The zero-order valence-electron chi connectivity index (χ0n) is 13.4. The van der Waals surface area contributed by atoms with Crippen LogP contribution in [0.5, 0.6) is 0 Å². The van der Waals surface area contributed by atoms with Crippen molar-refractivity contribution < 1.29 is 9.90 Å². The smallest absolute Gasteiger partial charge is 0.317 e. The van der Waals surface area contributed by atoms with Gasteiger partial charge in [-0.3, -0.25) is 0 Å². The van der Waals surface area contributed by atoms with Gasteiger partial charge in [-0.25, -0.2) is 4.79 Å². The Labute approximate surface area is 127 Å². The highest BCUT2D eigenvalue weighted by atomic mass is 16.3. The Kier molecular flexibility index (Phi) is 7.02. The molecule has 0 aliphatic rings. The van der Waals surface area contributed by atoms with Crippen molar-refractivity contribution in [2.75, 3.05) is 32.1 Å². The Bertz CT molecular complexity index is 423. The number of nitrogens with zero attached hydrogens (tertiary/aromatic N) is 2. The van der Waals surface area contributed by atoms with Crippen LogP contribution in [-0.4, -0.2) is 55.4 Å². The molecule has 118 valence electrons. The molecule has 0 radical (unpaired) electrons. The lowest BCUT2D eigenvalue weighted by molar-refractivity contribution is 0.163. The lowest BCUT2D eigenvalue weighted by Gasteiger charge is -2.28. The van der Waals surface area contributed by atoms with Gasteiger partial charge in [-0.15, -0.1) is 0 Å². The molecule has 0 saturated heterocycles. The zero-order valence-corrected chi connectivity index (χ0v) is 13.4. The highest BCUT2D eigenvalue weighted by Crippen LogP contribution is 2.13. The minimum atomic E-state index is -0.386. The maximum atomic E-state index is 11.9. The van der Waals surface area contributed by atoms with E-state index in [9.17, 15) is 9.90 Å². The number of hydrogen-bond donors (Lipinski definition) is 2. The number of hydrogen-bond acceptors (Lipinski definition) is 3. The van der Waals surface area contributed by atoms with Gasteiger partial charge in [0, 0.05) is 38.9 Å². The lowest BCUT2D eigenvalue weighted by atomic mass is 10.2. The largest absolute Gasteiger partial charge is 0.393 e. The van der Waals surface area contributed by atoms with Gasteiger partial charge in [-0.05, 0) is 32.4 Å². The number of para-hydroxylation sites is 1. The van der Waals surface area contributed by atoms with Gasteiger partial charge >= 0.3 is 6.03 Å². The van der Waals surface area contributed by atoms with Crippen LogP contribution in [0.1, 0.15) is 20.3 Å². The number of nitrogens with one attached hydrogen (secondary N) is 1. The van der Waals surface area contributed by atoms with Crippen molar-refractivity contribution in [3.63, 3.8) is 0 Å². The monoisotopic (exact) mass is 293 g/mol. The van der Waals surface area contributed by atoms with Crippen LogP contribution >= 0.6 is 0 Å². The summed E-state index contributed by atoms with van der Waals surface area (Å²) in [5, 5.41) is 12.2. The van der Waals surface area contributed by atoms with E-state index in [0.29, 0.717) is 19.5 Å². The summed E-state index contributed by atoms with van der Waals surface area (Å²) in [6, 6.07) is 10.2. The van der Waals surface area contributed by atoms with Crippen molar-refractivity contribution in [1.82, 2.24) is 10.2 Å². The first-order chi connectivity index (χ1) is 9.91. The van der Waals surface area contributed by atoms with Gasteiger partial charge in [0.25, 0.3) is 0 Å². The molecule has 0 spiro atoms. The van der Waals surface area contributed by atoms with Crippen LogP contribution < -0.4 is 10.2 Å². The average Bonchev–Trinajstić information content (AvgIpc) is 2.49. The number of aliphatic hydroxyl groups is 1. The maximum absolute atomic E-state index is 11.9. The van der Waals surface area contributed by atoms with Gasteiger partial charge < -0.3 is 20.2 Å². The Balaban J connectivity index is 2.38. The van der Waals surface area contributed by atoms with Crippen LogP contribution in [-0.2, 0) is 0 Å². The van der Waals surface area contributed by atoms with Crippen LogP contribution in [0.15, 0.2) is 30.3 Å². The molecule has 1 aromatic carbocycles. The third-order valence-corrected chi connectivity index (χ3v) is 3.60. The van der Waals surface area contributed by atoms with Crippen molar-refractivity contribution >= 4 is 11.7 Å². The van der Waals surface area contributed by atoms with E-state index in [1.165, 1.54) is 0 Å². The number of urea groups is 1. The first-order valence-corrected chi connectivity index (χ1v) is 7.36. The van der Waals surface area contributed by atoms with E-state index in [2.05, 4.69) is 17.1 Å². The van der Waals surface area contributed by atoms with Crippen LogP contribution in [0.2, 0.25) is 0 Å². The Morgan fingerprint density at radius 3 is 2.43 bits per heavy atom. The molecular weight excluding hydrogens is 266 g/mol. The molecular formula is C16H27N3O2. The van der Waals surface area contributed by atoms with Crippen LogP contribution in [0, 0.1) is 0 Å². The van der Waals surface area contributed by atoms with Crippen molar-refractivity contribution in [2.45, 2.75) is 32.4 Å². The third-order valence-electron chi connectivity index (χ3n) is 3.60. The summed E-state index contributed by atoms with van der Waals surface area (Å²) in [6.07, 6.45) is 0.201. The van der Waals surface area contributed by atoms with Crippen molar-refractivity contribution in [2.24, 2.45) is 0 Å². The summed E-state index contributed by atoms with van der Waals surface area (Å²) < 4.78 is 0. The van der Waals surface area contributed by atoms with E-state index in [4.69, 9.17) is 0 Å². The van der Waals surface area contributed by atoms with Crippen molar-refractivity contribution in [3.8, 4) is 0 Å². The fourth-order valence-electron chi connectivity index (χ4n) is 1.91. The molecule has 0 saturated carbocycles. The normalized spacial score (nSPS) is 13.4. The number of aliphatic hydroxyl groups excluding tert-OH is 1. The van der Waals surface area contributed by atoms with E-state index in [1.807, 2.05) is 37.4 Å². The first kappa shape index (κ1) is 17.3. The molecule has 0 aromatic heterocycles. The molecule has 2 atom stereocenters. The minimum absolute atomic E-state index is 0.107. The summed E-state index contributed by atoms with van der Waals surface area (Å²) in [5.41, 5.74) is 1.13. The van der Waals surface area contributed by atoms with Gasteiger partial charge in [0.15, 0.2) is 0 Å². The molecule has 0 heterocycles. The molecule has 0 aliphatic carbocycles. The summed E-state index contributed by atoms with van der Waals surface area (Å²) in [7, 11) is 3.76. The molecule has 0 fully saturated rings. The fourth-order valence-corrected chi connectivity index (χ4v) is 1.91. The van der Waals surface area contributed by atoms with Crippen LogP contribution in [0.4, 0.5) is 10.5 Å². The number of benzene rings is 1. The number of likely N-dealkylation sites (N-methyl/N-ethyl adjacent to an activating group) is 1. The molecule has 2 N–H and O–H groups in total. The Hall–Kier alpha value is -1.75. The second kappa shape index (κ2) is 8.52. The molecule has 2 unspecified atom stereocenters. The molecule has 5 nitrogen and oxygen atoms in total. The topological polar surface area (TPSA) is 55.8 Å². The van der Waals surface area contributed by atoms with E-state index in [0.717, 1.165) is 5.69 Å².